The zero-order chi connectivity index (χ0) is 27.4. The van der Waals surface area contributed by atoms with Gasteiger partial charge in [-0.2, -0.15) is 10.4 Å². The lowest BCUT2D eigenvalue weighted by atomic mass is 10.0. The van der Waals surface area contributed by atoms with Gasteiger partial charge >= 0.3 is 0 Å². The monoisotopic (exact) mass is 530 g/mol. The Morgan fingerprint density at radius 1 is 1.05 bits per heavy atom. The molecule has 0 saturated carbocycles. The lowest BCUT2D eigenvalue weighted by Crippen LogP contribution is -2.49. The Labute approximate surface area is 228 Å². The molecular formula is C29H34N6O4. The van der Waals surface area contributed by atoms with Crippen molar-refractivity contribution in [3.8, 4) is 23.3 Å². The minimum atomic E-state index is -0.218. The van der Waals surface area contributed by atoms with Crippen molar-refractivity contribution >= 4 is 17.3 Å². The molecular weight excluding hydrogens is 496 g/mol. The van der Waals surface area contributed by atoms with E-state index in [1.807, 2.05) is 18.2 Å². The van der Waals surface area contributed by atoms with Crippen molar-refractivity contribution in [3.05, 3.63) is 59.9 Å². The van der Waals surface area contributed by atoms with Crippen LogP contribution < -0.4 is 19.3 Å². The summed E-state index contributed by atoms with van der Waals surface area (Å²) >= 11 is 0. The van der Waals surface area contributed by atoms with Crippen LogP contribution in [-0.4, -0.2) is 87.3 Å². The maximum atomic E-state index is 13.3. The van der Waals surface area contributed by atoms with E-state index in [-0.39, 0.29) is 5.91 Å². The van der Waals surface area contributed by atoms with Crippen molar-refractivity contribution in [2.45, 2.75) is 18.9 Å². The lowest BCUT2D eigenvalue weighted by Gasteiger charge is -2.41. The third-order valence-corrected chi connectivity index (χ3v) is 7.62. The van der Waals surface area contributed by atoms with Crippen molar-refractivity contribution in [3.63, 3.8) is 0 Å². The predicted molar refractivity (Wildman–Crippen MR) is 148 cm³/mol. The number of morpholine rings is 1. The number of anilines is 2. The van der Waals surface area contributed by atoms with E-state index >= 15 is 0 Å². The Bertz CT molecular complexity index is 1350. The average Bonchev–Trinajstić information content (AvgIpc) is 3.50. The molecule has 10 nitrogen and oxygen atoms in total. The van der Waals surface area contributed by atoms with Crippen molar-refractivity contribution in [1.29, 1.82) is 5.26 Å². The largest absolute Gasteiger partial charge is 0.493 e. The van der Waals surface area contributed by atoms with E-state index in [4.69, 9.17) is 14.2 Å². The molecule has 2 aliphatic heterocycles. The van der Waals surface area contributed by atoms with E-state index in [0.29, 0.717) is 34.4 Å². The molecule has 39 heavy (non-hydrogen) atoms. The summed E-state index contributed by atoms with van der Waals surface area (Å²) in [4.78, 5) is 19.7. The fraction of sp³-hybridized carbons (Fsp3) is 0.414. The van der Waals surface area contributed by atoms with Gasteiger partial charge in [-0.05, 0) is 43.2 Å². The number of nitrogens with zero attached hydrogens (tertiary/aromatic N) is 6. The number of piperidine rings is 1. The molecule has 3 heterocycles. The van der Waals surface area contributed by atoms with Gasteiger partial charge in [0.1, 0.15) is 6.07 Å². The van der Waals surface area contributed by atoms with Crippen LogP contribution in [0.15, 0.2) is 48.8 Å². The van der Waals surface area contributed by atoms with Gasteiger partial charge < -0.3 is 24.0 Å². The summed E-state index contributed by atoms with van der Waals surface area (Å²) in [6.45, 7) is 5.42. The maximum absolute atomic E-state index is 13.3. The first-order valence-corrected chi connectivity index (χ1v) is 13.2. The summed E-state index contributed by atoms with van der Waals surface area (Å²) in [7, 11) is 4.86. The first-order chi connectivity index (χ1) is 19.0. The Morgan fingerprint density at radius 2 is 1.79 bits per heavy atom. The number of rotatable bonds is 7. The fourth-order valence-electron chi connectivity index (χ4n) is 5.37. The van der Waals surface area contributed by atoms with Gasteiger partial charge in [-0.3, -0.25) is 9.69 Å². The molecule has 0 unspecified atom stereocenters. The minimum Gasteiger partial charge on any atom is -0.493 e. The van der Waals surface area contributed by atoms with Crippen molar-refractivity contribution in [2.75, 3.05) is 70.5 Å². The molecule has 2 aliphatic rings. The second-order valence-electron chi connectivity index (χ2n) is 9.76. The van der Waals surface area contributed by atoms with E-state index in [9.17, 15) is 10.1 Å². The van der Waals surface area contributed by atoms with Crippen LogP contribution in [0.5, 0.6) is 11.5 Å². The molecule has 0 N–H and O–H groups in total. The van der Waals surface area contributed by atoms with Crippen LogP contribution in [-0.2, 0) is 4.74 Å². The van der Waals surface area contributed by atoms with Crippen LogP contribution in [0.3, 0.4) is 0 Å². The van der Waals surface area contributed by atoms with E-state index in [0.717, 1.165) is 63.6 Å². The fourth-order valence-corrected chi connectivity index (χ4v) is 5.37. The number of ether oxygens (including phenoxy) is 3. The number of aromatic nitrogens is 2. The molecule has 1 amide bonds. The van der Waals surface area contributed by atoms with Crippen LogP contribution >= 0.6 is 0 Å². The molecule has 2 fully saturated rings. The quantitative estimate of drug-likeness (QED) is 0.459. The van der Waals surface area contributed by atoms with E-state index < -0.39 is 0 Å². The number of nitriles is 1. The third-order valence-electron chi connectivity index (χ3n) is 7.62. The number of hydrogen-bond donors (Lipinski definition) is 0. The molecule has 5 rings (SSSR count). The number of carbonyl (C=O) groups excluding carboxylic acids is 1. The SMILES string of the molecule is COc1ccc(-n2cc(C(=O)N(C)c3ccc(N4CCC(N5CCOCC5)CC4)c(C#N)c3)cn2)cc1OC. The normalized spacial score (nSPS) is 16.5. The van der Waals surface area contributed by atoms with Crippen LogP contribution in [0.25, 0.3) is 5.69 Å². The highest BCUT2D eigenvalue weighted by molar-refractivity contribution is 6.05. The van der Waals surface area contributed by atoms with Gasteiger partial charge in [0.05, 0.1) is 56.1 Å². The number of methoxy groups -OCH3 is 2. The first kappa shape index (κ1) is 26.5. The highest BCUT2D eigenvalue weighted by Crippen LogP contribution is 2.31. The summed E-state index contributed by atoms with van der Waals surface area (Å²) in [5.74, 6) is 0.970. The third kappa shape index (κ3) is 5.55. The Balaban J connectivity index is 1.27. The van der Waals surface area contributed by atoms with Crippen molar-refractivity contribution in [2.24, 2.45) is 0 Å². The Kier molecular flexibility index (Phi) is 8.00. The molecule has 0 atom stereocenters. The first-order valence-electron chi connectivity index (χ1n) is 13.2. The van der Waals surface area contributed by atoms with Gasteiger partial charge in [0.15, 0.2) is 11.5 Å². The van der Waals surface area contributed by atoms with E-state index in [2.05, 4.69) is 21.0 Å². The summed E-state index contributed by atoms with van der Waals surface area (Å²) in [5, 5.41) is 14.3. The molecule has 2 saturated heterocycles. The topological polar surface area (TPSA) is 96.1 Å². The second kappa shape index (κ2) is 11.8. The van der Waals surface area contributed by atoms with Crippen LogP contribution in [0.4, 0.5) is 11.4 Å². The van der Waals surface area contributed by atoms with Gasteiger partial charge in [-0.25, -0.2) is 4.68 Å². The number of hydrogen-bond acceptors (Lipinski definition) is 8. The summed E-state index contributed by atoms with van der Waals surface area (Å²) < 4.78 is 17.8. The van der Waals surface area contributed by atoms with Crippen LogP contribution in [0.1, 0.15) is 28.8 Å². The second-order valence-corrected chi connectivity index (χ2v) is 9.76. The maximum Gasteiger partial charge on any atom is 0.261 e. The van der Waals surface area contributed by atoms with E-state index in [1.54, 1.807) is 55.2 Å². The Hall–Kier alpha value is -4.07. The number of benzene rings is 2. The molecule has 204 valence electrons. The summed E-state index contributed by atoms with van der Waals surface area (Å²) in [5.41, 5.74) is 3.31. The molecule has 3 aromatic rings. The molecule has 0 bridgehead atoms. The summed E-state index contributed by atoms with van der Waals surface area (Å²) in [6, 6.07) is 14.0. The molecule has 0 spiro atoms. The summed E-state index contributed by atoms with van der Waals surface area (Å²) in [6.07, 6.45) is 5.34. The van der Waals surface area contributed by atoms with Gasteiger partial charge in [0.2, 0.25) is 0 Å². The molecule has 0 radical (unpaired) electrons. The van der Waals surface area contributed by atoms with Gasteiger partial charge in [-0.1, -0.05) is 0 Å². The number of carbonyl (C=O) groups is 1. The molecule has 2 aromatic carbocycles. The van der Waals surface area contributed by atoms with Crippen molar-refractivity contribution in [1.82, 2.24) is 14.7 Å². The lowest BCUT2D eigenvalue weighted by molar-refractivity contribution is 0.0115. The standard InChI is InChI=1S/C29H34N6O4/c1-32(29(36)22-19-31-35(20-22)25-5-7-27(37-2)28(17-25)38-3)24-4-6-26(21(16-24)18-30)34-10-8-23(9-11-34)33-12-14-39-15-13-33/h4-7,16-17,19-20,23H,8-15H2,1-3H3. The van der Waals surface area contributed by atoms with Crippen LogP contribution in [0, 0.1) is 11.3 Å². The average molecular weight is 531 g/mol. The predicted octanol–water partition coefficient (Wildman–Crippen LogP) is 3.34. The minimum absolute atomic E-state index is 0.218. The van der Waals surface area contributed by atoms with Crippen molar-refractivity contribution < 1.29 is 19.0 Å². The van der Waals surface area contributed by atoms with Crippen LogP contribution in [0.2, 0.25) is 0 Å². The molecule has 1 aromatic heterocycles. The number of amides is 1. The van der Waals surface area contributed by atoms with Gasteiger partial charge in [0, 0.05) is 57.2 Å². The highest BCUT2D eigenvalue weighted by Gasteiger charge is 2.27. The zero-order valence-electron chi connectivity index (χ0n) is 22.7. The van der Waals surface area contributed by atoms with Gasteiger partial charge in [0.25, 0.3) is 5.91 Å². The van der Waals surface area contributed by atoms with E-state index in [1.165, 1.54) is 6.20 Å². The molecule has 10 heteroatoms. The Morgan fingerprint density at radius 3 is 2.49 bits per heavy atom. The smallest absolute Gasteiger partial charge is 0.261 e. The molecule has 0 aliphatic carbocycles. The zero-order valence-corrected chi connectivity index (χ0v) is 22.7. The van der Waals surface area contributed by atoms with Gasteiger partial charge in [-0.15, -0.1) is 0 Å². The highest BCUT2D eigenvalue weighted by atomic mass is 16.5.